The van der Waals surface area contributed by atoms with Crippen LogP contribution in [0.25, 0.3) is 21.9 Å². The molecule has 8 heteroatoms. The third-order valence-electron chi connectivity index (χ3n) is 4.37. The van der Waals surface area contributed by atoms with Crippen molar-refractivity contribution in [2.75, 3.05) is 13.2 Å². The Bertz CT molecular complexity index is 927. The van der Waals surface area contributed by atoms with Crippen LogP contribution in [-0.2, 0) is 22.4 Å². The fourth-order valence-corrected chi connectivity index (χ4v) is 3.40. The molecule has 0 saturated carbocycles. The van der Waals surface area contributed by atoms with Gasteiger partial charge >= 0.3 is 5.97 Å². The van der Waals surface area contributed by atoms with E-state index < -0.39 is 5.97 Å². The molecule has 0 radical (unpaired) electrons. The van der Waals surface area contributed by atoms with Gasteiger partial charge in [0.1, 0.15) is 4.90 Å². The molecule has 4 rings (SSSR count). The van der Waals surface area contributed by atoms with E-state index in [0.29, 0.717) is 22.5 Å². The molecule has 0 fully saturated rings. The number of aromatic nitrogens is 3. The molecule has 0 bridgehead atoms. The summed E-state index contributed by atoms with van der Waals surface area (Å²) in [5.41, 5.74) is 4.08. The number of aryl methyl sites for hydroxylation is 1. The molecule has 2 heterocycles. The number of esters is 1. The topological polar surface area (TPSA) is 90.6 Å². The number of hydrogen-bond acceptors (Lipinski definition) is 6. The van der Waals surface area contributed by atoms with E-state index in [-0.39, 0.29) is 6.61 Å². The number of fused-ring (bicyclic) bond motifs is 5. The maximum Gasteiger partial charge on any atom is 0.346 e. The number of hydrogen-bond donors (Lipinski definition) is 1. The van der Waals surface area contributed by atoms with Crippen molar-refractivity contribution in [3.63, 3.8) is 0 Å². The number of carbonyl (C=O) groups excluding carboxylic acids is 1. The van der Waals surface area contributed by atoms with Crippen LogP contribution in [0.3, 0.4) is 0 Å². The predicted molar refractivity (Wildman–Crippen MR) is 81.6 cm³/mol. The van der Waals surface area contributed by atoms with E-state index in [9.17, 15) is 10.0 Å². The lowest BCUT2D eigenvalue weighted by Crippen LogP contribution is -2.26. The average Bonchev–Trinajstić information content (AvgIpc) is 3.11. The molecule has 1 aromatic carbocycles. The summed E-state index contributed by atoms with van der Waals surface area (Å²) in [6.45, 7) is 1.93. The zero-order valence-electron chi connectivity index (χ0n) is 13.3. The second-order valence-corrected chi connectivity index (χ2v) is 5.78. The first kappa shape index (κ1) is 14.8. The molecule has 0 aliphatic heterocycles. The number of nitrogens with zero attached hydrogens (tertiary/aromatic N) is 3. The minimum atomic E-state index is -0.403. The normalized spacial score (nSPS) is 14.0. The molecule has 1 aliphatic rings. The summed E-state index contributed by atoms with van der Waals surface area (Å²) in [6, 6.07) is 3.55. The Hall–Kier alpha value is -2.77. The molecule has 0 saturated heterocycles. The van der Waals surface area contributed by atoms with Gasteiger partial charge in [0.15, 0.2) is 5.16 Å². The molecular weight excluding hydrogens is 314 g/mol. The minimum absolute atomic E-state index is 0.152. The van der Waals surface area contributed by atoms with Crippen LogP contribution in [0.1, 0.15) is 31.0 Å². The molecular formula is C16H18N3O5+. The Morgan fingerprint density at radius 1 is 1.42 bits per heavy atom. The van der Waals surface area contributed by atoms with Gasteiger partial charge in [0.25, 0.3) is 11.0 Å². The SMILES string of the molecule is CCOC(=O)COn1c2c(c3c4no[n+](O)c4ccc31)CCCC2. The van der Waals surface area contributed by atoms with E-state index >= 15 is 0 Å². The van der Waals surface area contributed by atoms with E-state index in [4.69, 9.17) is 14.2 Å². The maximum atomic E-state index is 11.6. The van der Waals surface area contributed by atoms with Gasteiger partial charge in [-0.1, -0.05) is 0 Å². The molecule has 0 spiro atoms. The first-order chi connectivity index (χ1) is 11.7. The van der Waals surface area contributed by atoms with Gasteiger partial charge in [0.05, 0.1) is 23.2 Å². The minimum Gasteiger partial charge on any atom is -0.463 e. The monoisotopic (exact) mass is 332 g/mol. The number of ether oxygens (including phenoxy) is 1. The predicted octanol–water partition coefficient (Wildman–Crippen LogP) is 1.18. The van der Waals surface area contributed by atoms with Crippen molar-refractivity contribution in [1.29, 1.82) is 0 Å². The third-order valence-corrected chi connectivity index (χ3v) is 4.37. The van der Waals surface area contributed by atoms with Crippen LogP contribution in [0.4, 0.5) is 0 Å². The largest absolute Gasteiger partial charge is 0.463 e. The Balaban J connectivity index is 1.86. The quantitative estimate of drug-likeness (QED) is 0.570. The van der Waals surface area contributed by atoms with E-state index in [1.165, 1.54) is 0 Å². The van der Waals surface area contributed by atoms with Gasteiger partial charge < -0.3 is 14.8 Å². The molecule has 8 nitrogen and oxygen atoms in total. The molecule has 0 atom stereocenters. The van der Waals surface area contributed by atoms with Gasteiger partial charge in [-0.3, -0.25) is 0 Å². The molecule has 24 heavy (non-hydrogen) atoms. The van der Waals surface area contributed by atoms with Crippen LogP contribution >= 0.6 is 0 Å². The zero-order valence-corrected chi connectivity index (χ0v) is 13.3. The summed E-state index contributed by atoms with van der Waals surface area (Å²) in [4.78, 5) is 18.0. The molecule has 0 amide bonds. The lowest BCUT2D eigenvalue weighted by molar-refractivity contribution is -1.02. The number of carbonyl (C=O) groups is 1. The fourth-order valence-electron chi connectivity index (χ4n) is 3.40. The summed E-state index contributed by atoms with van der Waals surface area (Å²) in [5.74, 6) is -0.403. The summed E-state index contributed by atoms with van der Waals surface area (Å²) >= 11 is 0. The molecule has 1 N–H and O–H groups in total. The second-order valence-electron chi connectivity index (χ2n) is 5.78. The molecule has 0 unspecified atom stereocenters. The highest BCUT2D eigenvalue weighted by atomic mass is 16.8. The van der Waals surface area contributed by atoms with Crippen molar-refractivity contribution >= 4 is 27.9 Å². The molecule has 3 aromatic rings. The van der Waals surface area contributed by atoms with Crippen LogP contribution in [0.2, 0.25) is 0 Å². The Morgan fingerprint density at radius 3 is 3.08 bits per heavy atom. The smallest absolute Gasteiger partial charge is 0.346 e. The summed E-state index contributed by atoms with van der Waals surface area (Å²) < 4.78 is 11.5. The van der Waals surface area contributed by atoms with Crippen molar-refractivity contribution in [3.8, 4) is 0 Å². The van der Waals surface area contributed by atoms with Crippen LogP contribution in [0.15, 0.2) is 16.8 Å². The van der Waals surface area contributed by atoms with Crippen molar-refractivity contribution < 1.29 is 29.1 Å². The van der Waals surface area contributed by atoms with Crippen LogP contribution in [-0.4, -0.2) is 34.3 Å². The lowest BCUT2D eigenvalue weighted by atomic mass is 9.95. The fraction of sp³-hybridized carbons (Fsp3) is 0.438. The summed E-state index contributed by atoms with van der Waals surface area (Å²) in [7, 11) is 0. The van der Waals surface area contributed by atoms with E-state index in [1.807, 2.05) is 6.07 Å². The van der Waals surface area contributed by atoms with Gasteiger partial charge in [0, 0.05) is 6.07 Å². The first-order valence-electron chi connectivity index (χ1n) is 8.06. The number of rotatable bonds is 4. The summed E-state index contributed by atoms with van der Waals surface area (Å²) in [5, 5.41) is 14.6. The van der Waals surface area contributed by atoms with Crippen LogP contribution < -0.4 is 9.74 Å². The zero-order chi connectivity index (χ0) is 16.7. The lowest BCUT2D eigenvalue weighted by Gasteiger charge is -2.15. The van der Waals surface area contributed by atoms with E-state index in [1.54, 1.807) is 17.7 Å². The van der Waals surface area contributed by atoms with Crippen molar-refractivity contribution in [2.45, 2.75) is 32.6 Å². The second kappa shape index (κ2) is 5.70. The third kappa shape index (κ3) is 2.17. The molecule has 2 aromatic heterocycles. The van der Waals surface area contributed by atoms with Gasteiger partial charge in [-0.05, 0) is 48.9 Å². The standard InChI is InChI=1S/C16H18N3O5/c1-2-22-14(20)9-23-18-11-6-4-3-5-10(11)15-12(18)7-8-13-16(15)17-24-19(13)21/h7-8,21H,2-6,9H2,1H3/q+1. The van der Waals surface area contributed by atoms with Gasteiger partial charge in [-0.15, -0.1) is 0 Å². The van der Waals surface area contributed by atoms with E-state index in [0.717, 1.165) is 47.8 Å². The number of benzene rings is 1. The van der Waals surface area contributed by atoms with Crippen LogP contribution in [0, 0.1) is 0 Å². The Kier molecular flexibility index (Phi) is 3.51. The van der Waals surface area contributed by atoms with Gasteiger partial charge in [0.2, 0.25) is 6.61 Å². The van der Waals surface area contributed by atoms with Crippen molar-refractivity contribution in [1.82, 2.24) is 9.89 Å². The van der Waals surface area contributed by atoms with Crippen molar-refractivity contribution in [2.24, 2.45) is 0 Å². The first-order valence-corrected chi connectivity index (χ1v) is 8.06. The van der Waals surface area contributed by atoms with Crippen LogP contribution in [0.5, 0.6) is 0 Å². The Labute approximate surface area is 137 Å². The van der Waals surface area contributed by atoms with Gasteiger partial charge in [-0.25, -0.2) is 4.79 Å². The van der Waals surface area contributed by atoms with Crippen molar-refractivity contribution in [3.05, 3.63) is 23.4 Å². The summed E-state index contributed by atoms with van der Waals surface area (Å²) in [6.07, 6.45) is 3.91. The Morgan fingerprint density at radius 2 is 2.25 bits per heavy atom. The molecule has 1 aliphatic carbocycles. The highest BCUT2D eigenvalue weighted by molar-refractivity contribution is 6.04. The maximum absolute atomic E-state index is 11.6. The van der Waals surface area contributed by atoms with E-state index in [2.05, 4.69) is 5.16 Å². The average molecular weight is 332 g/mol. The highest BCUT2D eigenvalue weighted by Gasteiger charge is 2.28. The highest BCUT2D eigenvalue weighted by Crippen LogP contribution is 2.34. The van der Waals surface area contributed by atoms with Gasteiger partial charge in [-0.2, -0.15) is 4.73 Å². The molecule has 126 valence electrons.